The van der Waals surface area contributed by atoms with E-state index in [9.17, 15) is 13.2 Å². The van der Waals surface area contributed by atoms with Crippen molar-refractivity contribution in [3.63, 3.8) is 0 Å². The Kier molecular flexibility index (Phi) is 6.87. The van der Waals surface area contributed by atoms with Gasteiger partial charge in [0.05, 0.1) is 5.69 Å². The van der Waals surface area contributed by atoms with E-state index in [1.807, 2.05) is 44.2 Å². The highest BCUT2D eigenvalue weighted by atomic mass is 32.2. The van der Waals surface area contributed by atoms with Gasteiger partial charge >= 0.3 is 0 Å². The first-order valence-corrected chi connectivity index (χ1v) is 11.4. The first-order chi connectivity index (χ1) is 13.8. The van der Waals surface area contributed by atoms with E-state index in [0.717, 1.165) is 47.5 Å². The zero-order valence-electron chi connectivity index (χ0n) is 16.9. The van der Waals surface area contributed by atoms with Gasteiger partial charge < -0.3 is 9.42 Å². The SMILES string of the molecule is Cc1noc(C)c1CN1CCCN(C(=O)CS(=O)(=O)/C=C/c2ccccc2)CC1. The van der Waals surface area contributed by atoms with Gasteiger partial charge in [-0.25, -0.2) is 8.42 Å². The van der Waals surface area contributed by atoms with E-state index >= 15 is 0 Å². The predicted octanol–water partition coefficient (Wildman–Crippen LogP) is 2.41. The maximum Gasteiger partial charge on any atom is 0.238 e. The summed E-state index contributed by atoms with van der Waals surface area (Å²) in [7, 11) is -3.61. The maximum absolute atomic E-state index is 12.6. The van der Waals surface area contributed by atoms with E-state index in [1.54, 1.807) is 4.90 Å². The molecule has 2 aromatic rings. The Balaban J connectivity index is 1.55. The number of carbonyl (C=O) groups is 1. The van der Waals surface area contributed by atoms with Gasteiger partial charge in [-0.3, -0.25) is 9.69 Å². The minimum Gasteiger partial charge on any atom is -0.361 e. The third-order valence-corrected chi connectivity index (χ3v) is 6.30. The summed E-state index contributed by atoms with van der Waals surface area (Å²) in [5, 5.41) is 5.12. The molecule has 0 spiro atoms. The number of nitrogens with zero attached hydrogens (tertiary/aromatic N) is 3. The third kappa shape index (κ3) is 6.01. The van der Waals surface area contributed by atoms with E-state index in [2.05, 4.69) is 10.1 Å². The fraction of sp³-hybridized carbons (Fsp3) is 0.429. The molecular weight excluding hydrogens is 390 g/mol. The summed E-state index contributed by atoms with van der Waals surface area (Å²) < 4.78 is 29.9. The standard InChI is InChI=1S/C21H27N3O4S/c1-17-20(18(2)28-22-17)15-23-10-6-11-24(13-12-23)21(25)16-29(26,27)14-9-19-7-4-3-5-8-19/h3-5,7-9,14H,6,10-13,15-16H2,1-2H3/b14-9+. The Bertz CT molecular complexity index is 948. The monoisotopic (exact) mass is 417 g/mol. The lowest BCUT2D eigenvalue weighted by molar-refractivity contribution is -0.128. The molecule has 1 amide bonds. The van der Waals surface area contributed by atoms with Gasteiger partial charge in [-0.15, -0.1) is 0 Å². The lowest BCUT2D eigenvalue weighted by atomic mass is 10.2. The van der Waals surface area contributed by atoms with Crippen LogP contribution in [0, 0.1) is 13.8 Å². The number of benzene rings is 1. The van der Waals surface area contributed by atoms with Gasteiger partial charge in [0.2, 0.25) is 5.91 Å². The van der Waals surface area contributed by atoms with Gasteiger partial charge in [-0.2, -0.15) is 0 Å². The highest BCUT2D eigenvalue weighted by Gasteiger charge is 2.24. The van der Waals surface area contributed by atoms with Crippen LogP contribution in [0.3, 0.4) is 0 Å². The average Bonchev–Trinajstić information content (AvgIpc) is 2.88. The number of hydrogen-bond donors (Lipinski definition) is 0. The number of aryl methyl sites for hydroxylation is 2. The predicted molar refractivity (Wildman–Crippen MR) is 112 cm³/mol. The smallest absolute Gasteiger partial charge is 0.238 e. The van der Waals surface area contributed by atoms with Crippen molar-refractivity contribution in [1.29, 1.82) is 0 Å². The van der Waals surface area contributed by atoms with E-state index < -0.39 is 15.6 Å². The Labute approximate surface area is 171 Å². The Morgan fingerprint density at radius 2 is 1.90 bits per heavy atom. The van der Waals surface area contributed by atoms with Crippen LogP contribution in [-0.2, 0) is 21.2 Å². The molecule has 3 rings (SSSR count). The summed E-state index contributed by atoms with van der Waals surface area (Å²) >= 11 is 0. The molecule has 1 aliphatic rings. The van der Waals surface area contributed by atoms with Crippen molar-refractivity contribution in [3.8, 4) is 0 Å². The molecule has 0 N–H and O–H groups in total. The first-order valence-electron chi connectivity index (χ1n) is 9.72. The van der Waals surface area contributed by atoms with Crippen molar-refractivity contribution in [2.45, 2.75) is 26.8 Å². The van der Waals surface area contributed by atoms with Gasteiger partial charge in [-0.05, 0) is 31.9 Å². The molecule has 0 bridgehead atoms. The molecule has 156 valence electrons. The number of sulfone groups is 1. The van der Waals surface area contributed by atoms with Gasteiger partial charge in [-0.1, -0.05) is 35.5 Å². The topological polar surface area (TPSA) is 83.7 Å². The second-order valence-corrected chi connectivity index (χ2v) is 9.22. The van der Waals surface area contributed by atoms with Gasteiger partial charge in [0, 0.05) is 43.7 Å². The summed E-state index contributed by atoms with van der Waals surface area (Å²) in [4.78, 5) is 16.5. The Hall–Kier alpha value is -2.45. The molecule has 8 heteroatoms. The van der Waals surface area contributed by atoms with Crippen LogP contribution in [0.5, 0.6) is 0 Å². The molecular formula is C21H27N3O4S. The second-order valence-electron chi connectivity index (χ2n) is 7.33. The summed E-state index contributed by atoms with van der Waals surface area (Å²) in [6.07, 6.45) is 2.32. The zero-order valence-corrected chi connectivity index (χ0v) is 17.7. The quantitative estimate of drug-likeness (QED) is 0.718. The van der Waals surface area contributed by atoms with E-state index in [-0.39, 0.29) is 5.91 Å². The van der Waals surface area contributed by atoms with Crippen LogP contribution in [-0.4, -0.2) is 61.2 Å². The molecule has 29 heavy (non-hydrogen) atoms. The van der Waals surface area contributed by atoms with Crippen molar-refractivity contribution < 1.29 is 17.7 Å². The number of hydrogen-bond acceptors (Lipinski definition) is 6. The van der Waals surface area contributed by atoms with Crippen molar-refractivity contribution in [2.75, 3.05) is 31.9 Å². The molecule has 0 unspecified atom stereocenters. The minimum atomic E-state index is -3.61. The molecule has 0 atom stereocenters. The molecule has 1 aliphatic heterocycles. The molecule has 1 saturated heterocycles. The number of carbonyl (C=O) groups excluding carboxylic acids is 1. The summed E-state index contributed by atoms with van der Waals surface area (Å²) in [5.74, 6) is -0.0295. The van der Waals surface area contributed by atoms with E-state index in [0.29, 0.717) is 19.6 Å². The van der Waals surface area contributed by atoms with Crippen LogP contribution >= 0.6 is 0 Å². The van der Waals surface area contributed by atoms with Crippen LogP contribution in [0.15, 0.2) is 40.3 Å². The molecule has 1 fully saturated rings. The van der Waals surface area contributed by atoms with Crippen molar-refractivity contribution in [1.82, 2.24) is 15.0 Å². The lowest BCUT2D eigenvalue weighted by Gasteiger charge is -2.21. The van der Waals surface area contributed by atoms with E-state index in [1.165, 1.54) is 6.08 Å². The van der Waals surface area contributed by atoms with E-state index in [4.69, 9.17) is 4.52 Å². The van der Waals surface area contributed by atoms with Gasteiger partial charge in [0.25, 0.3) is 0 Å². The minimum absolute atomic E-state index is 0.345. The van der Waals surface area contributed by atoms with Gasteiger partial charge in [0.1, 0.15) is 11.5 Å². The second kappa shape index (κ2) is 9.37. The van der Waals surface area contributed by atoms with Crippen LogP contribution in [0.2, 0.25) is 0 Å². The molecule has 0 aliphatic carbocycles. The Morgan fingerprint density at radius 1 is 1.14 bits per heavy atom. The van der Waals surface area contributed by atoms with Crippen molar-refractivity contribution in [2.24, 2.45) is 0 Å². The van der Waals surface area contributed by atoms with Crippen LogP contribution in [0.25, 0.3) is 6.08 Å². The number of amides is 1. The fourth-order valence-corrected chi connectivity index (χ4v) is 4.38. The largest absolute Gasteiger partial charge is 0.361 e. The summed E-state index contributed by atoms with van der Waals surface area (Å²) in [6, 6.07) is 9.17. The molecule has 1 aromatic carbocycles. The number of aromatic nitrogens is 1. The van der Waals surface area contributed by atoms with Crippen LogP contribution in [0.4, 0.5) is 0 Å². The third-order valence-electron chi connectivity index (χ3n) is 5.10. The highest BCUT2D eigenvalue weighted by molar-refractivity contribution is 7.95. The molecule has 2 heterocycles. The average molecular weight is 418 g/mol. The maximum atomic E-state index is 12.6. The van der Waals surface area contributed by atoms with Gasteiger partial charge in [0.15, 0.2) is 9.84 Å². The fourth-order valence-electron chi connectivity index (χ4n) is 3.39. The molecule has 1 aromatic heterocycles. The van der Waals surface area contributed by atoms with Crippen LogP contribution < -0.4 is 0 Å². The normalized spacial score (nSPS) is 16.3. The summed E-state index contributed by atoms with van der Waals surface area (Å²) in [6.45, 7) is 7.16. The molecule has 0 saturated carbocycles. The first kappa shape index (κ1) is 21.3. The molecule has 0 radical (unpaired) electrons. The highest BCUT2D eigenvalue weighted by Crippen LogP contribution is 2.16. The lowest BCUT2D eigenvalue weighted by Crippen LogP contribution is -2.38. The Morgan fingerprint density at radius 3 is 2.59 bits per heavy atom. The molecule has 7 nitrogen and oxygen atoms in total. The van der Waals surface area contributed by atoms with Crippen molar-refractivity contribution in [3.05, 3.63) is 58.3 Å². The number of rotatable bonds is 6. The van der Waals surface area contributed by atoms with Crippen LogP contribution in [0.1, 0.15) is 29.0 Å². The van der Waals surface area contributed by atoms with Crippen molar-refractivity contribution >= 4 is 21.8 Å². The zero-order chi connectivity index (χ0) is 20.9. The summed E-state index contributed by atoms with van der Waals surface area (Å²) in [5.41, 5.74) is 2.75.